The van der Waals surface area contributed by atoms with E-state index in [9.17, 15) is 22.0 Å². The largest absolute Gasteiger partial charge is 0.453 e. The molecule has 6 heteroatoms. The Morgan fingerprint density at radius 2 is 1.55 bits per heavy atom. The molecular formula is C5H4ClF5. The molecule has 0 aromatic rings. The van der Waals surface area contributed by atoms with Crippen molar-refractivity contribution >= 4 is 11.6 Å². The van der Waals surface area contributed by atoms with Gasteiger partial charge in [-0.2, -0.15) is 22.0 Å². The summed E-state index contributed by atoms with van der Waals surface area (Å²) in [6, 6.07) is 0. The Hall–Kier alpha value is -0.320. The first-order valence-electron chi connectivity index (χ1n) is 2.44. The topological polar surface area (TPSA) is 0 Å². The molecule has 0 radical (unpaired) electrons. The second-order valence-electron chi connectivity index (χ2n) is 1.90. The van der Waals surface area contributed by atoms with Crippen LogP contribution in [0, 0.1) is 0 Å². The fraction of sp³-hybridized carbons (Fsp3) is 0.600. The second-order valence-corrected chi connectivity index (χ2v) is 2.43. The van der Waals surface area contributed by atoms with Gasteiger partial charge in [-0.25, -0.2) is 0 Å². The Kier molecular flexibility index (Phi) is 2.88. The van der Waals surface area contributed by atoms with Crippen molar-refractivity contribution in [2.24, 2.45) is 0 Å². The van der Waals surface area contributed by atoms with Gasteiger partial charge in [-0.1, -0.05) is 18.2 Å². The number of halogens is 6. The molecule has 0 nitrogen and oxygen atoms in total. The predicted octanol–water partition coefficient (Wildman–Crippen LogP) is 3.33. The van der Waals surface area contributed by atoms with E-state index in [1.54, 1.807) is 0 Å². The van der Waals surface area contributed by atoms with Crippen LogP contribution >= 0.6 is 11.6 Å². The molecule has 0 saturated heterocycles. The third kappa shape index (κ3) is 3.05. The molecule has 0 unspecified atom stereocenters. The second kappa shape index (κ2) is 2.97. The number of allylic oxidation sites excluding steroid dienone is 1. The predicted molar refractivity (Wildman–Crippen MR) is 30.6 cm³/mol. The first-order valence-corrected chi connectivity index (χ1v) is 2.82. The minimum atomic E-state index is -5.55. The van der Waals surface area contributed by atoms with Crippen molar-refractivity contribution < 1.29 is 22.0 Å². The molecule has 0 aliphatic rings. The molecule has 0 heterocycles. The van der Waals surface area contributed by atoms with Gasteiger partial charge in [0, 0.05) is 5.03 Å². The summed E-state index contributed by atoms with van der Waals surface area (Å²) in [7, 11) is 0. The molecule has 0 amide bonds. The zero-order valence-electron chi connectivity index (χ0n) is 5.18. The lowest BCUT2D eigenvalue weighted by Gasteiger charge is -2.18. The van der Waals surface area contributed by atoms with Crippen LogP contribution in [0.25, 0.3) is 0 Å². The Labute approximate surface area is 64.6 Å². The Balaban J connectivity index is 4.34. The van der Waals surface area contributed by atoms with Crippen molar-refractivity contribution in [1.29, 1.82) is 0 Å². The SMILES string of the molecule is C=C(Cl)CC(F)(F)C(F)(F)F. The number of hydrogen-bond donors (Lipinski definition) is 0. The lowest BCUT2D eigenvalue weighted by molar-refractivity contribution is -0.280. The zero-order chi connectivity index (χ0) is 9.28. The highest BCUT2D eigenvalue weighted by atomic mass is 35.5. The van der Waals surface area contributed by atoms with Gasteiger partial charge < -0.3 is 0 Å². The molecule has 0 fully saturated rings. The first kappa shape index (κ1) is 10.7. The lowest BCUT2D eigenvalue weighted by atomic mass is 10.2. The van der Waals surface area contributed by atoms with Gasteiger partial charge in [-0.05, 0) is 0 Å². The van der Waals surface area contributed by atoms with E-state index >= 15 is 0 Å². The summed E-state index contributed by atoms with van der Waals surface area (Å²) in [6.07, 6.45) is -7.12. The van der Waals surface area contributed by atoms with Crippen molar-refractivity contribution in [2.45, 2.75) is 18.5 Å². The molecule has 66 valence electrons. The van der Waals surface area contributed by atoms with Crippen LogP contribution in [-0.2, 0) is 0 Å². The van der Waals surface area contributed by atoms with Crippen LogP contribution in [-0.4, -0.2) is 12.1 Å². The fourth-order valence-electron chi connectivity index (χ4n) is 0.341. The zero-order valence-corrected chi connectivity index (χ0v) is 5.94. The van der Waals surface area contributed by atoms with Crippen LogP contribution in [0.15, 0.2) is 11.6 Å². The summed E-state index contributed by atoms with van der Waals surface area (Å²) >= 11 is 4.79. The van der Waals surface area contributed by atoms with Crippen LogP contribution in [0.5, 0.6) is 0 Å². The summed E-state index contributed by atoms with van der Waals surface area (Å²) < 4.78 is 57.9. The quantitative estimate of drug-likeness (QED) is 0.592. The molecule has 0 N–H and O–H groups in total. The summed E-state index contributed by atoms with van der Waals surface area (Å²) in [6.45, 7) is 2.74. The van der Waals surface area contributed by atoms with Crippen LogP contribution in [0.2, 0.25) is 0 Å². The van der Waals surface area contributed by atoms with Crippen molar-refractivity contribution in [3.63, 3.8) is 0 Å². The molecule has 0 spiro atoms. The van der Waals surface area contributed by atoms with E-state index in [4.69, 9.17) is 11.6 Å². The van der Waals surface area contributed by atoms with Crippen LogP contribution < -0.4 is 0 Å². The van der Waals surface area contributed by atoms with E-state index in [2.05, 4.69) is 6.58 Å². The van der Waals surface area contributed by atoms with Gasteiger partial charge in [0.05, 0.1) is 6.42 Å². The van der Waals surface area contributed by atoms with Crippen molar-refractivity contribution in [3.05, 3.63) is 11.6 Å². The van der Waals surface area contributed by atoms with E-state index in [0.29, 0.717) is 0 Å². The van der Waals surface area contributed by atoms with Crippen molar-refractivity contribution in [2.75, 3.05) is 0 Å². The first-order chi connectivity index (χ1) is 4.67. The molecule has 11 heavy (non-hydrogen) atoms. The third-order valence-corrected chi connectivity index (χ3v) is 0.962. The highest BCUT2D eigenvalue weighted by Gasteiger charge is 2.57. The van der Waals surface area contributed by atoms with Crippen LogP contribution in [0.3, 0.4) is 0 Å². The maximum absolute atomic E-state index is 11.9. The van der Waals surface area contributed by atoms with Gasteiger partial charge in [0.2, 0.25) is 0 Å². The molecule has 0 aromatic carbocycles. The monoisotopic (exact) mass is 194 g/mol. The van der Waals surface area contributed by atoms with Crippen molar-refractivity contribution in [3.8, 4) is 0 Å². The molecule has 0 aliphatic carbocycles. The highest BCUT2D eigenvalue weighted by molar-refractivity contribution is 6.29. The molecule has 0 aliphatic heterocycles. The number of hydrogen-bond acceptors (Lipinski definition) is 0. The Bertz CT molecular complexity index is 159. The minimum Gasteiger partial charge on any atom is -0.196 e. The number of rotatable bonds is 2. The Morgan fingerprint density at radius 3 is 1.64 bits per heavy atom. The normalized spacial score (nSPS) is 13.3. The lowest BCUT2D eigenvalue weighted by Crippen LogP contribution is -2.36. The van der Waals surface area contributed by atoms with Crippen LogP contribution in [0.1, 0.15) is 6.42 Å². The summed E-state index contributed by atoms with van der Waals surface area (Å²) in [4.78, 5) is 0. The van der Waals surface area contributed by atoms with Gasteiger partial charge in [0.15, 0.2) is 0 Å². The van der Waals surface area contributed by atoms with E-state index in [0.717, 1.165) is 0 Å². The Morgan fingerprint density at radius 1 is 1.18 bits per heavy atom. The summed E-state index contributed by atoms with van der Waals surface area (Å²) in [5, 5.41) is -0.715. The van der Waals surface area contributed by atoms with Gasteiger partial charge in [-0.3, -0.25) is 0 Å². The molecule has 0 bridgehead atoms. The maximum Gasteiger partial charge on any atom is 0.453 e. The minimum absolute atomic E-state index is 0.715. The number of alkyl halides is 5. The van der Waals surface area contributed by atoms with Gasteiger partial charge in [0.25, 0.3) is 0 Å². The molecule has 0 aromatic heterocycles. The van der Waals surface area contributed by atoms with E-state index in [-0.39, 0.29) is 0 Å². The smallest absolute Gasteiger partial charge is 0.196 e. The standard InChI is InChI=1S/C5H4ClF5/c1-3(6)2-4(7,8)5(9,10)11/h1-2H2. The van der Waals surface area contributed by atoms with Crippen LogP contribution in [0.4, 0.5) is 22.0 Å². The molecule has 0 atom stereocenters. The summed E-state index contributed by atoms with van der Waals surface area (Å²) in [5.41, 5.74) is 0. The highest BCUT2D eigenvalue weighted by Crippen LogP contribution is 2.40. The third-order valence-electron chi connectivity index (χ3n) is 0.829. The van der Waals surface area contributed by atoms with E-state index < -0.39 is 23.6 Å². The summed E-state index contributed by atoms with van der Waals surface area (Å²) in [5.74, 6) is -4.77. The van der Waals surface area contributed by atoms with Gasteiger partial charge in [0.1, 0.15) is 0 Å². The van der Waals surface area contributed by atoms with Crippen molar-refractivity contribution in [1.82, 2.24) is 0 Å². The average molecular weight is 195 g/mol. The fourth-order valence-corrected chi connectivity index (χ4v) is 0.509. The molecule has 0 rings (SSSR count). The average Bonchev–Trinajstić information content (AvgIpc) is 1.56. The maximum atomic E-state index is 11.9. The van der Waals surface area contributed by atoms with Gasteiger partial charge in [-0.15, -0.1) is 0 Å². The molecular weight excluding hydrogens is 190 g/mol. The van der Waals surface area contributed by atoms with Gasteiger partial charge >= 0.3 is 12.1 Å². The van der Waals surface area contributed by atoms with E-state index in [1.165, 1.54) is 0 Å². The molecule has 0 saturated carbocycles. The van der Waals surface area contributed by atoms with E-state index in [1.807, 2.05) is 0 Å².